The Morgan fingerprint density at radius 1 is 1.03 bits per heavy atom. The van der Waals surface area contributed by atoms with E-state index in [4.69, 9.17) is 14.9 Å². The molecule has 30 heavy (non-hydrogen) atoms. The number of rotatable bonds is 8. The third kappa shape index (κ3) is 4.96. The number of carbonyl (C=O) groups is 3. The molecule has 2 amide bonds. The predicted molar refractivity (Wildman–Crippen MR) is 109 cm³/mol. The van der Waals surface area contributed by atoms with Gasteiger partial charge in [-0.2, -0.15) is 0 Å². The van der Waals surface area contributed by atoms with E-state index in [1.165, 1.54) is 0 Å². The van der Waals surface area contributed by atoms with E-state index in [1.807, 2.05) is 36.4 Å². The highest BCUT2D eigenvalue weighted by Gasteiger charge is 2.29. The molecule has 3 rings (SSSR count). The molecule has 0 aromatic heterocycles. The quantitative estimate of drug-likeness (QED) is 0.525. The number of nitrogens with one attached hydrogen (secondary N) is 2. The number of ether oxygens (including phenoxy) is 1. The molecular weight excluding hydrogens is 388 g/mol. The van der Waals surface area contributed by atoms with Crippen LogP contribution in [0, 0.1) is 0 Å². The van der Waals surface area contributed by atoms with Gasteiger partial charge in [-0.05, 0) is 29.2 Å². The second-order valence-electron chi connectivity index (χ2n) is 7.23. The Hall–Kier alpha value is -3.39. The molecule has 0 radical (unpaired) electrons. The number of aliphatic hydroxyl groups excluding tert-OH is 1. The topological polar surface area (TPSA) is 125 Å². The number of amides is 2. The molecule has 0 saturated carbocycles. The number of carbonyl (C=O) groups excluding carboxylic acids is 2. The average molecular weight is 412 g/mol. The van der Waals surface area contributed by atoms with Crippen LogP contribution in [0.4, 0.5) is 4.79 Å². The van der Waals surface area contributed by atoms with Gasteiger partial charge in [-0.15, -0.1) is 0 Å². The highest BCUT2D eigenvalue weighted by Crippen LogP contribution is 2.44. The molecule has 1 unspecified atom stereocenters. The van der Waals surface area contributed by atoms with Crippen LogP contribution in [0.1, 0.15) is 30.4 Å². The van der Waals surface area contributed by atoms with Crippen molar-refractivity contribution in [1.82, 2.24) is 10.6 Å². The fourth-order valence-electron chi connectivity index (χ4n) is 3.54. The summed E-state index contributed by atoms with van der Waals surface area (Å²) in [7, 11) is 0. The molecule has 158 valence electrons. The highest BCUT2D eigenvalue weighted by atomic mass is 16.5. The van der Waals surface area contributed by atoms with E-state index in [9.17, 15) is 14.4 Å². The van der Waals surface area contributed by atoms with Crippen molar-refractivity contribution in [1.29, 1.82) is 0 Å². The molecule has 0 heterocycles. The molecule has 1 aliphatic rings. The normalized spacial score (nSPS) is 14.2. The summed E-state index contributed by atoms with van der Waals surface area (Å²) in [6, 6.07) is 15.5. The minimum atomic E-state index is -1.67. The number of fused-ring (bicyclic) bond motifs is 3. The van der Waals surface area contributed by atoms with Crippen molar-refractivity contribution in [2.75, 3.05) is 13.2 Å². The number of carboxylic acid groups (broad SMARTS) is 1. The molecule has 8 heteroatoms. The first kappa shape index (κ1) is 21.3. The van der Waals surface area contributed by atoms with Gasteiger partial charge in [0.25, 0.3) is 0 Å². The van der Waals surface area contributed by atoms with E-state index in [1.54, 1.807) is 6.92 Å². The summed E-state index contributed by atoms with van der Waals surface area (Å²) < 4.78 is 5.42. The number of hydrogen-bond donors (Lipinski definition) is 4. The molecule has 0 bridgehead atoms. The lowest BCUT2D eigenvalue weighted by atomic mass is 9.98. The van der Waals surface area contributed by atoms with Crippen LogP contribution in [0.15, 0.2) is 48.5 Å². The van der Waals surface area contributed by atoms with Gasteiger partial charge in [-0.1, -0.05) is 48.5 Å². The van der Waals surface area contributed by atoms with Crippen molar-refractivity contribution < 1.29 is 29.3 Å². The lowest BCUT2D eigenvalue weighted by Gasteiger charge is -2.17. The van der Waals surface area contributed by atoms with E-state index in [2.05, 4.69) is 22.8 Å². The number of aliphatic carboxylic acids is 1. The van der Waals surface area contributed by atoms with Gasteiger partial charge in [0.2, 0.25) is 5.91 Å². The zero-order valence-electron chi connectivity index (χ0n) is 16.5. The van der Waals surface area contributed by atoms with Crippen LogP contribution in [0.5, 0.6) is 0 Å². The maximum Gasteiger partial charge on any atom is 0.407 e. The number of alkyl carbamates (subject to hydrolysis) is 1. The van der Waals surface area contributed by atoms with Crippen molar-refractivity contribution in [2.45, 2.75) is 31.4 Å². The fraction of sp³-hybridized carbons (Fsp3) is 0.318. The Bertz CT molecular complexity index is 899. The zero-order valence-corrected chi connectivity index (χ0v) is 16.5. The minimum absolute atomic E-state index is 0.0562. The van der Waals surface area contributed by atoms with E-state index in [-0.39, 0.29) is 18.9 Å². The van der Waals surface area contributed by atoms with Crippen LogP contribution in [-0.2, 0) is 14.3 Å². The van der Waals surface area contributed by atoms with Gasteiger partial charge in [-0.3, -0.25) is 4.79 Å². The second-order valence-corrected chi connectivity index (χ2v) is 7.23. The lowest BCUT2D eigenvalue weighted by molar-refractivity contribution is -0.146. The monoisotopic (exact) mass is 412 g/mol. The molecule has 0 fully saturated rings. The van der Waals surface area contributed by atoms with Gasteiger partial charge in [0, 0.05) is 18.4 Å². The third-order valence-electron chi connectivity index (χ3n) is 4.98. The van der Waals surface area contributed by atoms with Gasteiger partial charge in [-0.25, -0.2) is 9.59 Å². The Kier molecular flexibility index (Phi) is 6.68. The summed E-state index contributed by atoms with van der Waals surface area (Å²) in [6.07, 6.45) is -2.38. The van der Waals surface area contributed by atoms with E-state index in [0.29, 0.717) is 0 Å². The first-order valence-corrected chi connectivity index (χ1v) is 9.66. The smallest absolute Gasteiger partial charge is 0.407 e. The molecule has 4 N–H and O–H groups in total. The summed E-state index contributed by atoms with van der Waals surface area (Å²) in [5.41, 5.74) is 4.48. The van der Waals surface area contributed by atoms with Gasteiger partial charge in [0.15, 0.2) is 6.10 Å². The average Bonchev–Trinajstić information content (AvgIpc) is 3.04. The summed E-state index contributed by atoms with van der Waals surface area (Å²) in [5, 5.41) is 22.7. The summed E-state index contributed by atoms with van der Waals surface area (Å²) in [4.78, 5) is 34.5. The summed E-state index contributed by atoms with van der Waals surface area (Å²) >= 11 is 0. The Morgan fingerprint density at radius 3 is 2.17 bits per heavy atom. The number of aliphatic hydroxyl groups is 1. The van der Waals surface area contributed by atoms with Crippen LogP contribution in [0.3, 0.4) is 0 Å². The highest BCUT2D eigenvalue weighted by molar-refractivity contribution is 5.80. The number of benzene rings is 2. The maximum absolute atomic E-state index is 12.2. The van der Waals surface area contributed by atoms with Crippen LogP contribution in [0.25, 0.3) is 11.1 Å². The first-order chi connectivity index (χ1) is 14.4. The molecular formula is C22H24N2O6. The van der Waals surface area contributed by atoms with Crippen molar-refractivity contribution in [2.24, 2.45) is 0 Å². The number of carboxylic acids is 1. The van der Waals surface area contributed by atoms with Gasteiger partial charge >= 0.3 is 12.1 Å². The Morgan fingerprint density at radius 2 is 1.60 bits per heavy atom. The van der Waals surface area contributed by atoms with Crippen LogP contribution in [-0.4, -0.2) is 53.5 Å². The number of hydrogen-bond acceptors (Lipinski definition) is 5. The molecule has 0 spiro atoms. The maximum atomic E-state index is 12.2. The van der Waals surface area contributed by atoms with Crippen molar-refractivity contribution in [3.05, 3.63) is 59.7 Å². The standard InChI is InChI=1S/C22H24N2O6/c1-13(10-20(26)23-11-19(25)21(27)28)24-22(29)30-12-18-16-8-4-2-6-14(16)15-7-3-5-9-17(15)18/h2-9,13,18-19,25H,10-12H2,1H3,(H,23,26)(H,24,29)(H,27,28)/t13-,19?/m0/s1. The zero-order chi connectivity index (χ0) is 21.7. The van der Waals surface area contributed by atoms with Gasteiger partial charge < -0.3 is 25.6 Å². The van der Waals surface area contributed by atoms with E-state index >= 15 is 0 Å². The molecule has 2 aromatic rings. The minimum Gasteiger partial charge on any atom is -0.479 e. The SMILES string of the molecule is C[C@@H](CC(=O)NCC(O)C(=O)O)NC(=O)OCC1c2ccccc2-c2ccccc21. The second kappa shape index (κ2) is 9.41. The lowest BCUT2D eigenvalue weighted by Crippen LogP contribution is -2.41. The predicted octanol–water partition coefficient (Wildman–Crippen LogP) is 1.87. The van der Waals surface area contributed by atoms with Gasteiger partial charge in [0.1, 0.15) is 6.61 Å². The molecule has 0 saturated heterocycles. The van der Waals surface area contributed by atoms with Crippen molar-refractivity contribution in [3.8, 4) is 11.1 Å². The largest absolute Gasteiger partial charge is 0.479 e. The molecule has 2 atom stereocenters. The Balaban J connectivity index is 1.50. The summed E-state index contributed by atoms with van der Waals surface area (Å²) in [6.45, 7) is 1.41. The summed E-state index contributed by atoms with van der Waals surface area (Å²) in [5.74, 6) is -1.96. The van der Waals surface area contributed by atoms with Crippen molar-refractivity contribution in [3.63, 3.8) is 0 Å². The molecule has 2 aromatic carbocycles. The molecule has 0 aliphatic heterocycles. The Labute approximate surface area is 173 Å². The van der Waals surface area contributed by atoms with Crippen LogP contribution < -0.4 is 10.6 Å². The third-order valence-corrected chi connectivity index (χ3v) is 4.98. The van der Waals surface area contributed by atoms with Gasteiger partial charge in [0.05, 0.1) is 6.54 Å². The van der Waals surface area contributed by atoms with E-state index < -0.39 is 36.7 Å². The van der Waals surface area contributed by atoms with E-state index in [0.717, 1.165) is 22.3 Å². The van der Waals surface area contributed by atoms with Crippen molar-refractivity contribution >= 4 is 18.0 Å². The van der Waals surface area contributed by atoms with Crippen LogP contribution >= 0.6 is 0 Å². The molecule has 1 aliphatic carbocycles. The first-order valence-electron chi connectivity index (χ1n) is 9.66. The molecule has 8 nitrogen and oxygen atoms in total. The fourth-order valence-corrected chi connectivity index (χ4v) is 3.54. The van der Waals surface area contributed by atoms with Crippen LogP contribution in [0.2, 0.25) is 0 Å².